The first kappa shape index (κ1) is 20.2. The molecule has 0 saturated heterocycles. The second-order valence-corrected chi connectivity index (χ2v) is 7.16. The summed E-state index contributed by atoms with van der Waals surface area (Å²) in [5.41, 5.74) is 2.81. The van der Waals surface area contributed by atoms with Crippen LogP contribution in [0.3, 0.4) is 0 Å². The molecule has 27 heavy (non-hydrogen) atoms. The van der Waals surface area contributed by atoms with E-state index in [1.165, 1.54) is 24.4 Å². The predicted molar refractivity (Wildman–Crippen MR) is 103 cm³/mol. The third-order valence-electron chi connectivity index (χ3n) is 3.86. The molecule has 0 aliphatic carbocycles. The van der Waals surface area contributed by atoms with Crippen LogP contribution in [-0.4, -0.2) is 18.9 Å². The molecule has 140 valence electrons. The van der Waals surface area contributed by atoms with Gasteiger partial charge in [0.25, 0.3) is 16.0 Å². The number of anilines is 2. The van der Waals surface area contributed by atoms with Crippen LogP contribution >= 0.6 is 0 Å². The molecule has 0 aliphatic rings. The second kappa shape index (κ2) is 8.49. The van der Waals surface area contributed by atoms with Crippen LogP contribution in [0.25, 0.3) is 0 Å². The first-order chi connectivity index (χ1) is 12.8. The van der Waals surface area contributed by atoms with E-state index in [-0.39, 0.29) is 16.2 Å². The van der Waals surface area contributed by atoms with Crippen molar-refractivity contribution in [3.05, 3.63) is 65.4 Å². The number of para-hydroxylation sites is 1. The highest BCUT2D eigenvalue weighted by atomic mass is 32.2. The van der Waals surface area contributed by atoms with E-state index in [1.54, 1.807) is 0 Å². The van der Waals surface area contributed by atoms with Crippen molar-refractivity contribution in [1.82, 2.24) is 0 Å². The van der Waals surface area contributed by atoms with E-state index in [0.29, 0.717) is 0 Å². The number of nitrogens with zero attached hydrogens (tertiary/aromatic N) is 1. The van der Waals surface area contributed by atoms with Gasteiger partial charge in [0, 0.05) is 17.6 Å². The Labute approximate surface area is 158 Å². The molecule has 2 aromatic carbocycles. The third-order valence-corrected chi connectivity index (χ3v) is 4.71. The number of aryl methyl sites for hydroxylation is 2. The number of hydrogen-bond acceptors (Lipinski definition) is 5. The first-order valence-corrected chi connectivity index (χ1v) is 9.54. The topological polar surface area (TPSA) is 119 Å². The van der Waals surface area contributed by atoms with Crippen molar-refractivity contribution in [2.75, 3.05) is 10.6 Å². The highest BCUT2D eigenvalue weighted by Gasteiger charge is 2.13. The molecular formula is C19H19N3O4S. The fourth-order valence-electron chi connectivity index (χ4n) is 2.46. The zero-order chi connectivity index (χ0) is 20.0. The van der Waals surface area contributed by atoms with E-state index < -0.39 is 16.0 Å². The third kappa shape index (κ3) is 5.17. The molecule has 0 heterocycles. The van der Waals surface area contributed by atoms with Crippen molar-refractivity contribution in [1.29, 1.82) is 5.26 Å². The van der Waals surface area contributed by atoms with Crippen molar-refractivity contribution < 1.29 is 17.8 Å². The molecule has 3 N–H and O–H groups in total. The van der Waals surface area contributed by atoms with E-state index in [0.717, 1.165) is 29.3 Å². The lowest BCUT2D eigenvalue weighted by Gasteiger charge is -2.11. The Morgan fingerprint density at radius 3 is 2.59 bits per heavy atom. The van der Waals surface area contributed by atoms with Gasteiger partial charge >= 0.3 is 0 Å². The summed E-state index contributed by atoms with van der Waals surface area (Å²) in [7, 11) is -4.39. The second-order valence-electron chi connectivity index (χ2n) is 5.73. The number of carbonyl (C=O) groups excluding carboxylic acids is 1. The van der Waals surface area contributed by atoms with E-state index in [4.69, 9.17) is 4.55 Å². The molecule has 0 aliphatic heterocycles. The van der Waals surface area contributed by atoms with Gasteiger partial charge in [-0.25, -0.2) is 0 Å². The summed E-state index contributed by atoms with van der Waals surface area (Å²) in [6, 6.07) is 12.7. The summed E-state index contributed by atoms with van der Waals surface area (Å²) in [5.74, 6) is -0.705. The fraction of sp³-hybridized carbons (Fsp3) is 0.158. The molecule has 1 amide bonds. The molecule has 0 aromatic heterocycles. The van der Waals surface area contributed by atoms with Crippen LogP contribution in [0.4, 0.5) is 11.4 Å². The van der Waals surface area contributed by atoms with Gasteiger partial charge in [-0.05, 0) is 42.7 Å². The smallest absolute Gasteiger partial charge is 0.294 e. The van der Waals surface area contributed by atoms with E-state index in [9.17, 15) is 18.5 Å². The average molecular weight is 385 g/mol. The van der Waals surface area contributed by atoms with Crippen LogP contribution in [0, 0.1) is 18.3 Å². The van der Waals surface area contributed by atoms with Gasteiger partial charge in [0.2, 0.25) is 0 Å². The molecule has 0 fully saturated rings. The predicted octanol–water partition coefficient (Wildman–Crippen LogP) is 3.26. The van der Waals surface area contributed by atoms with Crippen LogP contribution in [0.5, 0.6) is 0 Å². The fourth-order valence-corrected chi connectivity index (χ4v) is 2.98. The van der Waals surface area contributed by atoms with Crippen molar-refractivity contribution in [3.8, 4) is 6.07 Å². The van der Waals surface area contributed by atoms with E-state index in [1.807, 2.05) is 38.1 Å². The Balaban J connectivity index is 2.22. The highest BCUT2D eigenvalue weighted by Crippen LogP contribution is 2.21. The number of benzene rings is 2. The zero-order valence-corrected chi connectivity index (χ0v) is 15.7. The highest BCUT2D eigenvalue weighted by molar-refractivity contribution is 7.85. The Morgan fingerprint density at radius 2 is 1.96 bits per heavy atom. The number of nitrogens with one attached hydrogen (secondary N) is 2. The molecule has 0 atom stereocenters. The quantitative estimate of drug-likeness (QED) is 0.399. The zero-order valence-electron chi connectivity index (χ0n) is 14.9. The van der Waals surface area contributed by atoms with Gasteiger partial charge in [-0.2, -0.15) is 13.7 Å². The maximum Gasteiger partial charge on any atom is 0.294 e. The standard InChI is InChI=1S/C19H19N3O4S/c1-3-14-7-4-6-13(2)18(14)21-12-15(11-20)19(23)22-16-8-5-9-17(10-16)27(24,25)26/h4-10,12,21H,3H2,1-2H3,(H,22,23)(H,24,25,26)/b15-12-. The van der Waals surface area contributed by atoms with Crippen molar-refractivity contribution >= 4 is 27.4 Å². The minimum Gasteiger partial charge on any atom is -0.360 e. The lowest BCUT2D eigenvalue weighted by Crippen LogP contribution is -2.15. The van der Waals surface area contributed by atoms with Gasteiger partial charge in [-0.15, -0.1) is 0 Å². The molecule has 0 spiro atoms. The minimum atomic E-state index is -4.39. The molecule has 8 heteroatoms. The van der Waals surface area contributed by atoms with Gasteiger partial charge in [0.15, 0.2) is 0 Å². The van der Waals surface area contributed by atoms with Crippen LogP contribution in [-0.2, 0) is 21.3 Å². The van der Waals surface area contributed by atoms with Gasteiger partial charge in [0.1, 0.15) is 11.6 Å². The Bertz CT molecular complexity index is 1040. The number of carbonyl (C=O) groups is 1. The number of nitriles is 1. The SMILES string of the molecule is CCc1cccc(C)c1N/C=C(/C#N)C(=O)Nc1cccc(S(=O)(=O)O)c1. The summed E-state index contributed by atoms with van der Waals surface area (Å²) in [6.07, 6.45) is 2.10. The largest absolute Gasteiger partial charge is 0.360 e. The van der Waals surface area contributed by atoms with Crippen molar-refractivity contribution in [3.63, 3.8) is 0 Å². The van der Waals surface area contributed by atoms with Gasteiger partial charge < -0.3 is 10.6 Å². The van der Waals surface area contributed by atoms with Crippen LogP contribution in [0.15, 0.2) is 59.1 Å². The molecule has 2 aromatic rings. The molecule has 0 saturated carbocycles. The summed E-state index contributed by atoms with van der Waals surface area (Å²) in [5, 5.41) is 14.7. The van der Waals surface area contributed by atoms with Crippen molar-refractivity contribution in [2.24, 2.45) is 0 Å². The number of amides is 1. The lowest BCUT2D eigenvalue weighted by atomic mass is 10.1. The van der Waals surface area contributed by atoms with E-state index >= 15 is 0 Å². The molecule has 0 radical (unpaired) electrons. The Hall–Kier alpha value is -3.15. The normalized spacial score (nSPS) is 11.6. The van der Waals surface area contributed by atoms with Gasteiger partial charge in [0.05, 0.1) is 4.90 Å². The number of rotatable bonds is 6. The maximum absolute atomic E-state index is 12.3. The molecular weight excluding hydrogens is 366 g/mol. The van der Waals surface area contributed by atoms with Crippen LogP contribution in [0.1, 0.15) is 18.1 Å². The molecule has 0 bridgehead atoms. The minimum absolute atomic E-state index is 0.140. The first-order valence-electron chi connectivity index (χ1n) is 8.10. The molecule has 7 nitrogen and oxygen atoms in total. The van der Waals surface area contributed by atoms with Gasteiger partial charge in [-0.1, -0.05) is 31.2 Å². The van der Waals surface area contributed by atoms with E-state index in [2.05, 4.69) is 10.6 Å². The van der Waals surface area contributed by atoms with Crippen LogP contribution < -0.4 is 10.6 Å². The molecule has 2 rings (SSSR count). The number of hydrogen-bond donors (Lipinski definition) is 3. The summed E-state index contributed by atoms with van der Waals surface area (Å²) < 4.78 is 31.4. The molecule has 0 unspecified atom stereocenters. The Kier molecular flexibility index (Phi) is 6.34. The van der Waals surface area contributed by atoms with Crippen LogP contribution in [0.2, 0.25) is 0 Å². The van der Waals surface area contributed by atoms with Gasteiger partial charge in [-0.3, -0.25) is 9.35 Å². The average Bonchev–Trinajstić information content (AvgIpc) is 2.62. The maximum atomic E-state index is 12.3. The summed E-state index contributed by atoms with van der Waals surface area (Å²) >= 11 is 0. The summed E-state index contributed by atoms with van der Waals surface area (Å²) in [4.78, 5) is 12.0. The van der Waals surface area contributed by atoms with Crippen molar-refractivity contribution in [2.45, 2.75) is 25.2 Å². The monoisotopic (exact) mass is 385 g/mol. The Morgan fingerprint density at radius 1 is 1.26 bits per heavy atom. The summed E-state index contributed by atoms with van der Waals surface area (Å²) in [6.45, 7) is 3.92. The lowest BCUT2D eigenvalue weighted by molar-refractivity contribution is -0.112.